The van der Waals surface area contributed by atoms with Gasteiger partial charge in [0.25, 0.3) is 5.91 Å². The van der Waals surface area contributed by atoms with Crippen LogP contribution in [0.2, 0.25) is 0 Å². The molecule has 1 aromatic rings. The summed E-state index contributed by atoms with van der Waals surface area (Å²) in [5.41, 5.74) is 0.653. The maximum atomic E-state index is 12.9. The summed E-state index contributed by atoms with van der Waals surface area (Å²) in [6, 6.07) is 7.08. The molecule has 0 aromatic heterocycles. The minimum atomic E-state index is -1.14. The van der Waals surface area contributed by atoms with Crippen LogP contribution in [0.25, 0.3) is 0 Å². The van der Waals surface area contributed by atoms with Gasteiger partial charge in [-0.3, -0.25) is 14.5 Å². The molecular weight excluding hydrogens is 330 g/mol. The Morgan fingerprint density at radius 1 is 1.23 bits per heavy atom. The molecule has 26 heavy (non-hydrogen) atoms. The molecule has 2 N–H and O–H groups in total. The molecule has 2 fully saturated rings. The third kappa shape index (κ3) is 3.45. The summed E-state index contributed by atoms with van der Waals surface area (Å²) in [6.07, 6.45) is 4.34. The van der Waals surface area contributed by atoms with E-state index < -0.39 is 17.5 Å². The Labute approximate surface area is 154 Å². The van der Waals surface area contributed by atoms with Gasteiger partial charge in [0.2, 0.25) is 5.91 Å². The third-order valence-electron chi connectivity index (χ3n) is 5.66. The first-order valence-electron chi connectivity index (χ1n) is 9.32. The Morgan fingerprint density at radius 2 is 1.88 bits per heavy atom. The van der Waals surface area contributed by atoms with Gasteiger partial charge in [-0.05, 0) is 38.2 Å². The molecule has 140 valence electrons. The summed E-state index contributed by atoms with van der Waals surface area (Å²) in [4.78, 5) is 38.7. The van der Waals surface area contributed by atoms with Gasteiger partial charge in [-0.15, -0.1) is 0 Å². The molecule has 0 radical (unpaired) electrons. The van der Waals surface area contributed by atoms with Crippen molar-refractivity contribution in [1.29, 1.82) is 0 Å². The van der Waals surface area contributed by atoms with Gasteiger partial charge in [0.05, 0.1) is 0 Å². The van der Waals surface area contributed by atoms with Gasteiger partial charge in [-0.25, -0.2) is 4.79 Å². The topological polar surface area (TPSA) is 78.5 Å². The van der Waals surface area contributed by atoms with Crippen LogP contribution in [0.5, 0.6) is 0 Å². The zero-order valence-corrected chi connectivity index (χ0v) is 15.7. The molecule has 1 aromatic carbocycles. The van der Waals surface area contributed by atoms with Crippen LogP contribution in [0.15, 0.2) is 24.3 Å². The van der Waals surface area contributed by atoms with E-state index in [0.29, 0.717) is 11.5 Å². The maximum absolute atomic E-state index is 12.9. The zero-order valence-electron chi connectivity index (χ0n) is 15.7. The number of urea groups is 1. The first-order valence-corrected chi connectivity index (χ1v) is 9.32. The number of nitrogens with one attached hydrogen (secondary N) is 2. The van der Waals surface area contributed by atoms with Crippen LogP contribution in [-0.2, 0) is 15.1 Å². The average Bonchev–Trinajstić information content (AvgIpc) is 2.82. The van der Waals surface area contributed by atoms with Crippen LogP contribution >= 0.6 is 0 Å². The fourth-order valence-electron chi connectivity index (χ4n) is 3.85. The summed E-state index contributed by atoms with van der Waals surface area (Å²) in [7, 11) is 0. The van der Waals surface area contributed by atoms with Gasteiger partial charge in [0.1, 0.15) is 12.1 Å². The first kappa shape index (κ1) is 18.4. The van der Waals surface area contributed by atoms with Crippen LogP contribution < -0.4 is 10.6 Å². The minimum Gasteiger partial charge on any atom is -0.352 e. The number of hydrogen-bond acceptors (Lipinski definition) is 3. The van der Waals surface area contributed by atoms with Gasteiger partial charge in [-0.1, -0.05) is 49.6 Å². The molecular formula is C20H27N3O3. The van der Waals surface area contributed by atoms with E-state index in [9.17, 15) is 14.4 Å². The van der Waals surface area contributed by atoms with E-state index in [1.807, 2.05) is 31.2 Å². The number of hydrogen-bond donors (Lipinski definition) is 2. The summed E-state index contributed by atoms with van der Waals surface area (Å²) in [6.45, 7) is 5.53. The number of carbonyl (C=O) groups is 3. The first-order chi connectivity index (χ1) is 12.3. The average molecular weight is 357 g/mol. The predicted octanol–water partition coefficient (Wildman–Crippen LogP) is 2.46. The molecule has 1 saturated carbocycles. The molecule has 1 heterocycles. The van der Waals surface area contributed by atoms with Gasteiger partial charge >= 0.3 is 6.03 Å². The number of benzene rings is 1. The zero-order chi connectivity index (χ0) is 18.9. The lowest BCUT2D eigenvalue weighted by atomic mass is 9.86. The third-order valence-corrected chi connectivity index (χ3v) is 5.66. The molecule has 1 aliphatic carbocycles. The Kier molecular flexibility index (Phi) is 5.03. The van der Waals surface area contributed by atoms with Crippen molar-refractivity contribution in [2.24, 2.45) is 5.92 Å². The summed E-state index contributed by atoms with van der Waals surface area (Å²) >= 11 is 0. The second kappa shape index (κ2) is 7.09. The van der Waals surface area contributed by atoms with Crippen molar-refractivity contribution in [2.75, 3.05) is 6.54 Å². The van der Waals surface area contributed by atoms with E-state index in [4.69, 9.17) is 0 Å². The standard InChI is InChI=1S/C20H27N3O3/c1-13-8-10-15(11-9-13)20(3)18(25)23(19(26)22-20)12-17(24)21-16-7-5-4-6-14(16)2/h8-11,14,16H,4-7,12H2,1-3H3,(H,21,24)(H,22,26)/t14-,16-,20+/m1/s1. The van der Waals surface area contributed by atoms with Crippen LogP contribution in [-0.4, -0.2) is 35.3 Å². The van der Waals surface area contributed by atoms with E-state index in [1.165, 1.54) is 6.42 Å². The Morgan fingerprint density at radius 3 is 2.54 bits per heavy atom. The summed E-state index contributed by atoms with van der Waals surface area (Å²) in [5, 5.41) is 5.74. The second-order valence-corrected chi connectivity index (χ2v) is 7.75. The molecule has 1 saturated heterocycles. The Bertz CT molecular complexity index is 716. The van der Waals surface area contributed by atoms with E-state index >= 15 is 0 Å². The van der Waals surface area contributed by atoms with Gasteiger partial charge in [-0.2, -0.15) is 0 Å². The van der Waals surface area contributed by atoms with Crippen molar-refractivity contribution in [3.05, 3.63) is 35.4 Å². The highest BCUT2D eigenvalue weighted by Gasteiger charge is 2.49. The maximum Gasteiger partial charge on any atom is 0.325 e. The molecule has 6 nitrogen and oxygen atoms in total. The summed E-state index contributed by atoms with van der Waals surface area (Å²) < 4.78 is 0. The van der Waals surface area contributed by atoms with Crippen LogP contribution in [0, 0.1) is 12.8 Å². The van der Waals surface area contributed by atoms with E-state index in [0.717, 1.165) is 29.7 Å². The molecule has 2 aliphatic rings. The fraction of sp³-hybridized carbons (Fsp3) is 0.550. The fourth-order valence-corrected chi connectivity index (χ4v) is 3.85. The van der Waals surface area contributed by atoms with Crippen molar-refractivity contribution >= 4 is 17.8 Å². The molecule has 0 bridgehead atoms. The molecule has 3 atom stereocenters. The van der Waals surface area contributed by atoms with Crippen molar-refractivity contribution in [2.45, 2.75) is 58.0 Å². The smallest absolute Gasteiger partial charge is 0.325 e. The molecule has 1 aliphatic heterocycles. The molecule has 4 amide bonds. The number of carbonyl (C=O) groups excluding carboxylic acids is 3. The van der Waals surface area contributed by atoms with Crippen molar-refractivity contribution in [1.82, 2.24) is 15.5 Å². The van der Waals surface area contributed by atoms with Gasteiger partial charge in [0.15, 0.2) is 0 Å². The van der Waals surface area contributed by atoms with E-state index in [-0.39, 0.29) is 18.5 Å². The van der Waals surface area contributed by atoms with Gasteiger partial charge < -0.3 is 10.6 Å². The SMILES string of the molecule is Cc1ccc([C@]2(C)NC(=O)N(CC(=O)N[C@@H]3CCCC[C@H]3C)C2=O)cc1. The molecule has 0 spiro atoms. The lowest BCUT2D eigenvalue weighted by Gasteiger charge is -2.30. The highest BCUT2D eigenvalue weighted by atomic mass is 16.2. The largest absolute Gasteiger partial charge is 0.352 e. The number of nitrogens with zero attached hydrogens (tertiary/aromatic N) is 1. The highest BCUT2D eigenvalue weighted by molar-refractivity contribution is 6.09. The predicted molar refractivity (Wildman–Crippen MR) is 98.3 cm³/mol. The monoisotopic (exact) mass is 357 g/mol. The Hall–Kier alpha value is -2.37. The molecule has 6 heteroatoms. The van der Waals surface area contributed by atoms with Crippen LogP contribution in [0.1, 0.15) is 50.7 Å². The summed E-state index contributed by atoms with van der Waals surface area (Å²) in [5.74, 6) is -0.243. The molecule has 0 unspecified atom stereocenters. The van der Waals surface area contributed by atoms with Crippen molar-refractivity contribution < 1.29 is 14.4 Å². The van der Waals surface area contributed by atoms with Crippen LogP contribution in [0.4, 0.5) is 4.79 Å². The number of rotatable bonds is 4. The quantitative estimate of drug-likeness (QED) is 0.813. The van der Waals surface area contributed by atoms with Gasteiger partial charge in [0, 0.05) is 6.04 Å². The number of amides is 4. The number of aryl methyl sites for hydroxylation is 1. The normalized spacial score (nSPS) is 28.8. The van der Waals surface area contributed by atoms with Crippen molar-refractivity contribution in [3.63, 3.8) is 0 Å². The minimum absolute atomic E-state index is 0.125. The van der Waals surface area contributed by atoms with Crippen molar-refractivity contribution in [3.8, 4) is 0 Å². The Balaban J connectivity index is 1.68. The van der Waals surface area contributed by atoms with E-state index in [2.05, 4.69) is 17.6 Å². The van der Waals surface area contributed by atoms with Crippen LogP contribution in [0.3, 0.4) is 0 Å². The second-order valence-electron chi connectivity index (χ2n) is 7.75. The molecule has 3 rings (SSSR count). The lowest BCUT2D eigenvalue weighted by Crippen LogP contribution is -2.47. The highest BCUT2D eigenvalue weighted by Crippen LogP contribution is 2.29. The lowest BCUT2D eigenvalue weighted by molar-refractivity contribution is -0.135. The number of imide groups is 1. The van der Waals surface area contributed by atoms with E-state index in [1.54, 1.807) is 6.92 Å².